The molecule has 24 heavy (non-hydrogen) atoms. The molecule has 1 atom stereocenters. The normalized spacial score (nSPS) is 24.3. The van der Waals surface area contributed by atoms with Crippen LogP contribution in [-0.2, 0) is 10.0 Å². The Labute approximate surface area is 141 Å². The van der Waals surface area contributed by atoms with Crippen molar-refractivity contribution in [3.05, 3.63) is 30.9 Å². The van der Waals surface area contributed by atoms with E-state index >= 15 is 0 Å². The first-order valence-corrected chi connectivity index (χ1v) is 9.81. The van der Waals surface area contributed by atoms with Gasteiger partial charge in [0.05, 0.1) is 18.1 Å². The molecule has 2 aliphatic heterocycles. The first-order chi connectivity index (χ1) is 11.6. The Morgan fingerprint density at radius 1 is 1.12 bits per heavy atom. The second-order valence-electron chi connectivity index (χ2n) is 6.21. The Bertz CT molecular complexity index is 807. The number of hydrogen-bond acceptors (Lipinski definition) is 6. The van der Waals surface area contributed by atoms with Crippen LogP contribution in [0.3, 0.4) is 0 Å². The molecule has 128 valence electrons. The lowest BCUT2D eigenvalue weighted by Crippen LogP contribution is -2.48. The van der Waals surface area contributed by atoms with Gasteiger partial charge in [0.15, 0.2) is 5.82 Å². The highest BCUT2D eigenvalue weighted by Crippen LogP contribution is 2.26. The average Bonchev–Trinajstić information content (AvgIpc) is 3.24. The monoisotopic (exact) mass is 348 g/mol. The summed E-state index contributed by atoms with van der Waals surface area (Å²) in [6, 6.07) is 1.87. The van der Waals surface area contributed by atoms with E-state index in [0.29, 0.717) is 18.9 Å². The van der Waals surface area contributed by atoms with Crippen molar-refractivity contribution in [2.45, 2.75) is 25.3 Å². The molecule has 2 aromatic heterocycles. The summed E-state index contributed by atoms with van der Waals surface area (Å²) in [6.07, 6.45) is 9.50. The zero-order chi connectivity index (χ0) is 16.6. The van der Waals surface area contributed by atoms with E-state index in [-0.39, 0.29) is 11.8 Å². The molecule has 0 bridgehead atoms. The van der Waals surface area contributed by atoms with Crippen LogP contribution in [0.5, 0.6) is 0 Å². The van der Waals surface area contributed by atoms with Gasteiger partial charge in [-0.25, -0.2) is 18.1 Å². The highest BCUT2D eigenvalue weighted by Gasteiger charge is 2.36. The minimum Gasteiger partial charge on any atom is -0.354 e. The number of piperidine rings is 1. The molecule has 0 aliphatic carbocycles. The van der Waals surface area contributed by atoms with Crippen LogP contribution in [-0.4, -0.2) is 63.9 Å². The number of nitrogens with zero attached hydrogens (tertiary/aromatic N) is 6. The molecule has 4 heterocycles. The summed E-state index contributed by atoms with van der Waals surface area (Å²) in [4.78, 5) is 11.0. The summed E-state index contributed by atoms with van der Waals surface area (Å²) >= 11 is 0. The van der Waals surface area contributed by atoms with E-state index in [1.54, 1.807) is 27.6 Å². The van der Waals surface area contributed by atoms with Gasteiger partial charge in [0.25, 0.3) is 0 Å². The maximum atomic E-state index is 12.2. The zero-order valence-corrected chi connectivity index (χ0v) is 14.1. The van der Waals surface area contributed by atoms with E-state index in [2.05, 4.69) is 20.0 Å². The number of anilines is 1. The van der Waals surface area contributed by atoms with Gasteiger partial charge >= 0.3 is 0 Å². The smallest absolute Gasteiger partial charge is 0.214 e. The largest absolute Gasteiger partial charge is 0.354 e. The summed E-state index contributed by atoms with van der Waals surface area (Å²) in [5, 5.41) is 4.18. The molecule has 0 spiro atoms. The third kappa shape index (κ3) is 2.89. The fourth-order valence-corrected chi connectivity index (χ4v) is 5.24. The Morgan fingerprint density at radius 2 is 2.00 bits per heavy atom. The van der Waals surface area contributed by atoms with Gasteiger partial charge in [-0.15, -0.1) is 0 Å². The van der Waals surface area contributed by atoms with Crippen LogP contribution in [0.2, 0.25) is 0 Å². The van der Waals surface area contributed by atoms with Crippen LogP contribution in [0.1, 0.15) is 19.3 Å². The Morgan fingerprint density at radius 3 is 2.75 bits per heavy atom. The van der Waals surface area contributed by atoms with Gasteiger partial charge in [-0.2, -0.15) is 9.40 Å². The van der Waals surface area contributed by atoms with Gasteiger partial charge in [-0.3, -0.25) is 4.98 Å². The maximum absolute atomic E-state index is 12.2. The SMILES string of the molecule is O=S1(=O)CCCN1C1CCCN(c2cncc(-n3cccn3)n2)C1. The summed E-state index contributed by atoms with van der Waals surface area (Å²) < 4.78 is 27.7. The number of hydrogen-bond donors (Lipinski definition) is 0. The van der Waals surface area contributed by atoms with E-state index < -0.39 is 10.0 Å². The van der Waals surface area contributed by atoms with Crippen molar-refractivity contribution in [1.29, 1.82) is 0 Å². The molecule has 0 N–H and O–H groups in total. The standard InChI is InChI=1S/C15H20N6O2S/c22-24(23)9-3-8-21(24)13-4-1-6-19(12-13)14-10-16-11-15(18-14)20-7-2-5-17-20/h2,5,7,10-11,13H,1,3-4,6,8-9,12H2. The van der Waals surface area contributed by atoms with Crippen molar-refractivity contribution >= 4 is 15.8 Å². The molecule has 2 saturated heterocycles. The van der Waals surface area contributed by atoms with E-state index in [9.17, 15) is 8.42 Å². The van der Waals surface area contributed by atoms with Crippen LogP contribution in [0.4, 0.5) is 5.82 Å². The van der Waals surface area contributed by atoms with E-state index in [4.69, 9.17) is 0 Å². The van der Waals surface area contributed by atoms with Crippen LogP contribution in [0.25, 0.3) is 5.82 Å². The molecule has 2 aromatic rings. The van der Waals surface area contributed by atoms with Gasteiger partial charge in [0, 0.05) is 38.1 Å². The molecule has 0 saturated carbocycles. The van der Waals surface area contributed by atoms with Crippen LogP contribution < -0.4 is 4.90 Å². The minimum atomic E-state index is -3.08. The van der Waals surface area contributed by atoms with Crippen molar-refractivity contribution in [2.75, 3.05) is 30.3 Å². The third-order valence-electron chi connectivity index (χ3n) is 4.61. The lowest BCUT2D eigenvalue weighted by Gasteiger charge is -2.37. The molecule has 1 unspecified atom stereocenters. The predicted octanol–water partition coefficient (Wildman–Crippen LogP) is 0.667. The maximum Gasteiger partial charge on any atom is 0.214 e. The van der Waals surface area contributed by atoms with Gasteiger partial charge in [0.1, 0.15) is 5.82 Å². The highest BCUT2D eigenvalue weighted by atomic mass is 32.2. The minimum absolute atomic E-state index is 0.0291. The fraction of sp³-hybridized carbons (Fsp3) is 0.533. The van der Waals surface area contributed by atoms with Crippen LogP contribution in [0.15, 0.2) is 30.9 Å². The predicted molar refractivity (Wildman–Crippen MR) is 89.5 cm³/mol. The molecule has 9 heteroatoms. The van der Waals surface area contributed by atoms with Crippen molar-refractivity contribution in [3.8, 4) is 5.82 Å². The van der Waals surface area contributed by atoms with Gasteiger partial charge < -0.3 is 4.90 Å². The Hall–Kier alpha value is -2.00. The molecule has 0 amide bonds. The lowest BCUT2D eigenvalue weighted by molar-refractivity contribution is 0.298. The first kappa shape index (κ1) is 15.5. The van der Waals surface area contributed by atoms with E-state index in [0.717, 1.165) is 31.6 Å². The second kappa shape index (κ2) is 6.14. The van der Waals surface area contributed by atoms with Crippen molar-refractivity contribution < 1.29 is 8.42 Å². The second-order valence-corrected chi connectivity index (χ2v) is 8.25. The quantitative estimate of drug-likeness (QED) is 0.810. The van der Waals surface area contributed by atoms with Crippen molar-refractivity contribution in [2.24, 2.45) is 0 Å². The highest BCUT2D eigenvalue weighted by molar-refractivity contribution is 7.89. The van der Waals surface area contributed by atoms with Gasteiger partial charge in [-0.1, -0.05) is 0 Å². The Balaban J connectivity index is 1.55. The Kier molecular flexibility index (Phi) is 3.97. The average molecular weight is 348 g/mol. The number of sulfonamides is 1. The number of rotatable bonds is 3. The molecule has 0 radical (unpaired) electrons. The summed E-state index contributed by atoms with van der Waals surface area (Å²) in [5.74, 6) is 1.70. The molecular weight excluding hydrogens is 328 g/mol. The van der Waals surface area contributed by atoms with E-state index in [1.165, 1.54) is 0 Å². The van der Waals surface area contributed by atoms with Crippen molar-refractivity contribution in [3.63, 3.8) is 0 Å². The molecule has 0 aromatic carbocycles. The van der Waals surface area contributed by atoms with Crippen LogP contribution >= 0.6 is 0 Å². The lowest BCUT2D eigenvalue weighted by atomic mass is 10.1. The molecule has 8 nitrogen and oxygen atoms in total. The first-order valence-electron chi connectivity index (χ1n) is 8.20. The van der Waals surface area contributed by atoms with Crippen LogP contribution in [0, 0.1) is 0 Å². The molecular formula is C15H20N6O2S. The summed E-state index contributed by atoms with van der Waals surface area (Å²) in [6.45, 7) is 2.16. The molecule has 4 rings (SSSR count). The van der Waals surface area contributed by atoms with Crippen molar-refractivity contribution in [1.82, 2.24) is 24.1 Å². The van der Waals surface area contributed by atoms with Gasteiger partial charge in [-0.05, 0) is 25.3 Å². The molecule has 2 fully saturated rings. The topological polar surface area (TPSA) is 84.2 Å². The molecule has 2 aliphatic rings. The zero-order valence-electron chi connectivity index (χ0n) is 13.3. The van der Waals surface area contributed by atoms with Gasteiger partial charge in [0.2, 0.25) is 10.0 Å². The summed E-state index contributed by atoms with van der Waals surface area (Å²) in [5.41, 5.74) is 0. The van der Waals surface area contributed by atoms with E-state index in [1.807, 2.05) is 12.3 Å². The third-order valence-corrected chi connectivity index (χ3v) is 6.61. The summed E-state index contributed by atoms with van der Waals surface area (Å²) in [7, 11) is -3.08. The fourth-order valence-electron chi connectivity index (χ4n) is 3.48. The number of aromatic nitrogens is 4.